The van der Waals surface area contributed by atoms with Crippen molar-refractivity contribution in [1.29, 1.82) is 0 Å². The summed E-state index contributed by atoms with van der Waals surface area (Å²) in [6.07, 6.45) is 3.97. The van der Waals surface area contributed by atoms with Crippen LogP contribution in [-0.4, -0.2) is 63.0 Å². The van der Waals surface area contributed by atoms with Crippen LogP contribution in [-0.2, 0) is 19.2 Å². The fourth-order valence-corrected chi connectivity index (χ4v) is 3.60. The predicted octanol–water partition coefficient (Wildman–Crippen LogP) is 1.14. The largest absolute Gasteiger partial charge is 0.466 e. The topological polar surface area (TPSA) is 104 Å². The van der Waals surface area contributed by atoms with Gasteiger partial charge in [-0.1, -0.05) is 6.92 Å². The molecule has 2 aromatic heterocycles. The molecule has 9 nitrogen and oxygen atoms in total. The number of nitrogens with one attached hydrogen (secondary N) is 2. The fourth-order valence-electron chi connectivity index (χ4n) is 3.60. The highest BCUT2D eigenvalue weighted by molar-refractivity contribution is 5.79. The summed E-state index contributed by atoms with van der Waals surface area (Å²) in [5, 5.41) is 25.7. The van der Waals surface area contributed by atoms with Gasteiger partial charge >= 0.3 is 0 Å². The van der Waals surface area contributed by atoms with Crippen molar-refractivity contribution in [3.8, 4) is 0 Å². The molecule has 160 valence electrons. The standard InChI is InChI=1S/C20H33N7O2/c1-5-27-10-6-8-16(27)12-21-19(22-13-18-25-24-15(2)26(18)4)23-14-20(3,28)17-9-7-11-29-17/h7,9,11,16,28H,5-6,8,10,12-14H2,1-4H3,(H2,21,22,23). The van der Waals surface area contributed by atoms with E-state index < -0.39 is 5.60 Å². The van der Waals surface area contributed by atoms with Crippen molar-refractivity contribution in [2.75, 3.05) is 26.2 Å². The van der Waals surface area contributed by atoms with E-state index in [0.29, 0.717) is 24.3 Å². The zero-order chi connectivity index (χ0) is 20.9. The Kier molecular flexibility index (Phi) is 6.92. The molecule has 1 saturated heterocycles. The minimum absolute atomic E-state index is 0.270. The van der Waals surface area contributed by atoms with E-state index in [-0.39, 0.29) is 6.54 Å². The van der Waals surface area contributed by atoms with Gasteiger partial charge in [0.2, 0.25) is 0 Å². The number of hydrogen-bond donors (Lipinski definition) is 3. The molecule has 0 aliphatic carbocycles. The lowest BCUT2D eigenvalue weighted by molar-refractivity contribution is 0.0385. The minimum atomic E-state index is -1.14. The highest BCUT2D eigenvalue weighted by Gasteiger charge is 2.27. The van der Waals surface area contributed by atoms with Gasteiger partial charge in [0, 0.05) is 19.6 Å². The van der Waals surface area contributed by atoms with E-state index in [0.717, 1.165) is 31.3 Å². The molecule has 0 saturated carbocycles. The number of furan rings is 1. The van der Waals surface area contributed by atoms with Gasteiger partial charge in [0.05, 0.1) is 12.8 Å². The van der Waals surface area contributed by atoms with Crippen molar-refractivity contribution in [2.24, 2.45) is 12.0 Å². The van der Waals surface area contributed by atoms with Crippen LogP contribution in [0.3, 0.4) is 0 Å². The molecular formula is C20H33N7O2. The molecule has 0 aromatic carbocycles. The molecule has 1 aliphatic rings. The summed E-state index contributed by atoms with van der Waals surface area (Å²) >= 11 is 0. The second-order valence-corrected chi connectivity index (χ2v) is 7.80. The second kappa shape index (κ2) is 9.41. The maximum absolute atomic E-state index is 10.7. The molecule has 3 N–H and O–H groups in total. The third-order valence-electron chi connectivity index (χ3n) is 5.62. The first-order valence-electron chi connectivity index (χ1n) is 10.3. The molecule has 0 radical (unpaired) electrons. The highest BCUT2D eigenvalue weighted by atomic mass is 16.4. The van der Waals surface area contributed by atoms with Gasteiger partial charge in [-0.25, -0.2) is 4.99 Å². The summed E-state index contributed by atoms with van der Waals surface area (Å²) in [6.45, 7) is 9.51. The van der Waals surface area contributed by atoms with E-state index in [1.807, 2.05) is 18.5 Å². The van der Waals surface area contributed by atoms with E-state index in [1.165, 1.54) is 12.8 Å². The van der Waals surface area contributed by atoms with Crippen molar-refractivity contribution in [1.82, 2.24) is 30.3 Å². The van der Waals surface area contributed by atoms with Gasteiger partial charge < -0.3 is 24.7 Å². The van der Waals surface area contributed by atoms with E-state index in [9.17, 15) is 5.11 Å². The Balaban J connectivity index is 1.66. The van der Waals surface area contributed by atoms with Crippen LogP contribution < -0.4 is 10.6 Å². The number of aryl methyl sites for hydroxylation is 1. The van der Waals surface area contributed by atoms with Crippen molar-refractivity contribution in [3.05, 3.63) is 35.8 Å². The third-order valence-corrected chi connectivity index (χ3v) is 5.62. The van der Waals surface area contributed by atoms with Gasteiger partial charge in [-0.05, 0) is 51.9 Å². The molecule has 2 atom stereocenters. The Labute approximate surface area is 172 Å². The average Bonchev–Trinajstić information content (AvgIpc) is 3.45. The first-order valence-corrected chi connectivity index (χ1v) is 10.3. The predicted molar refractivity (Wildman–Crippen MR) is 111 cm³/mol. The maximum atomic E-state index is 10.7. The van der Waals surface area contributed by atoms with Crippen LogP contribution >= 0.6 is 0 Å². The van der Waals surface area contributed by atoms with Crippen LogP contribution in [0.25, 0.3) is 0 Å². The van der Waals surface area contributed by atoms with Crippen molar-refractivity contribution in [3.63, 3.8) is 0 Å². The SMILES string of the molecule is CCN1CCCC1CNC(=NCc1nnc(C)n1C)NCC(C)(O)c1ccco1. The molecule has 9 heteroatoms. The number of rotatable bonds is 8. The van der Waals surface area contributed by atoms with Gasteiger partial charge in [0.1, 0.15) is 23.7 Å². The lowest BCUT2D eigenvalue weighted by atomic mass is 10.0. The quantitative estimate of drug-likeness (QED) is 0.449. The highest BCUT2D eigenvalue weighted by Crippen LogP contribution is 2.20. The maximum Gasteiger partial charge on any atom is 0.191 e. The number of aliphatic imine (C=N–C) groups is 1. The second-order valence-electron chi connectivity index (χ2n) is 7.80. The molecule has 29 heavy (non-hydrogen) atoms. The van der Waals surface area contributed by atoms with Gasteiger partial charge in [-0.15, -0.1) is 10.2 Å². The molecule has 1 fully saturated rings. The molecule has 3 rings (SSSR count). The van der Waals surface area contributed by atoms with Gasteiger partial charge in [-0.3, -0.25) is 4.90 Å². The summed E-state index contributed by atoms with van der Waals surface area (Å²) in [5.41, 5.74) is -1.14. The number of aromatic nitrogens is 3. The Morgan fingerprint density at radius 3 is 2.90 bits per heavy atom. The number of likely N-dealkylation sites (tertiary alicyclic amines) is 1. The Morgan fingerprint density at radius 2 is 2.24 bits per heavy atom. The Morgan fingerprint density at radius 1 is 1.41 bits per heavy atom. The molecule has 2 unspecified atom stereocenters. The number of aliphatic hydroxyl groups is 1. The molecule has 2 aromatic rings. The number of guanidine groups is 1. The first-order chi connectivity index (χ1) is 13.9. The van der Waals surface area contributed by atoms with Gasteiger partial charge in [-0.2, -0.15) is 0 Å². The van der Waals surface area contributed by atoms with Crippen molar-refractivity contribution < 1.29 is 9.52 Å². The van der Waals surface area contributed by atoms with Gasteiger partial charge in [0.25, 0.3) is 0 Å². The molecule has 0 bridgehead atoms. The number of nitrogens with zero attached hydrogens (tertiary/aromatic N) is 5. The van der Waals surface area contributed by atoms with Crippen LogP contribution in [0.5, 0.6) is 0 Å². The Hall–Kier alpha value is -2.39. The third kappa shape index (κ3) is 5.36. The van der Waals surface area contributed by atoms with E-state index in [2.05, 4.69) is 37.6 Å². The van der Waals surface area contributed by atoms with Gasteiger partial charge in [0.15, 0.2) is 11.8 Å². The molecule has 0 spiro atoms. The minimum Gasteiger partial charge on any atom is -0.466 e. The zero-order valence-electron chi connectivity index (χ0n) is 17.9. The average molecular weight is 404 g/mol. The first kappa shape index (κ1) is 21.3. The summed E-state index contributed by atoms with van der Waals surface area (Å²) in [6, 6.07) is 4.04. The van der Waals surface area contributed by atoms with Crippen LogP contribution in [0.1, 0.15) is 44.1 Å². The summed E-state index contributed by atoms with van der Waals surface area (Å²) in [4.78, 5) is 7.16. The number of hydrogen-bond acceptors (Lipinski definition) is 6. The fraction of sp³-hybridized carbons (Fsp3) is 0.650. The summed E-state index contributed by atoms with van der Waals surface area (Å²) < 4.78 is 7.30. The summed E-state index contributed by atoms with van der Waals surface area (Å²) in [5.74, 6) is 2.79. The monoisotopic (exact) mass is 403 g/mol. The van der Waals surface area contributed by atoms with E-state index in [1.54, 1.807) is 25.3 Å². The number of likely N-dealkylation sites (N-methyl/N-ethyl adjacent to an activating group) is 1. The molecule has 3 heterocycles. The normalized spacial score (nSPS) is 20.0. The molecule has 1 aliphatic heterocycles. The summed E-state index contributed by atoms with van der Waals surface area (Å²) in [7, 11) is 1.93. The lowest BCUT2D eigenvalue weighted by Crippen LogP contribution is -2.48. The Bertz CT molecular complexity index is 798. The molecular weight excluding hydrogens is 370 g/mol. The van der Waals surface area contributed by atoms with Crippen molar-refractivity contribution in [2.45, 2.75) is 51.8 Å². The van der Waals surface area contributed by atoms with E-state index in [4.69, 9.17) is 4.42 Å². The van der Waals surface area contributed by atoms with Crippen LogP contribution in [0.4, 0.5) is 0 Å². The van der Waals surface area contributed by atoms with Crippen LogP contribution in [0, 0.1) is 6.92 Å². The zero-order valence-corrected chi connectivity index (χ0v) is 17.9. The molecule has 0 amide bonds. The smallest absolute Gasteiger partial charge is 0.191 e. The van der Waals surface area contributed by atoms with E-state index >= 15 is 0 Å². The lowest BCUT2D eigenvalue weighted by Gasteiger charge is -2.26. The van der Waals surface area contributed by atoms with Crippen LogP contribution in [0.15, 0.2) is 27.8 Å². The van der Waals surface area contributed by atoms with Crippen LogP contribution in [0.2, 0.25) is 0 Å². The van der Waals surface area contributed by atoms with Crippen molar-refractivity contribution >= 4 is 5.96 Å².